The molecule has 1 unspecified atom stereocenters. The second kappa shape index (κ2) is 10.1. The molecule has 1 aliphatic rings. The maximum atomic E-state index is 13.2. The van der Waals surface area contributed by atoms with Crippen LogP contribution in [0.2, 0.25) is 10.0 Å². The number of rotatable bonds is 7. The molecule has 0 bridgehead atoms. The van der Waals surface area contributed by atoms with E-state index in [0.717, 1.165) is 16.8 Å². The number of carbonyl (C=O) groups is 2. The fourth-order valence-electron chi connectivity index (χ4n) is 3.15. The number of nitrogens with zero attached hydrogens (tertiary/aromatic N) is 3. The molecule has 0 saturated carbocycles. The van der Waals surface area contributed by atoms with Crippen molar-refractivity contribution >= 4 is 46.9 Å². The van der Waals surface area contributed by atoms with E-state index in [4.69, 9.17) is 23.2 Å². The van der Waals surface area contributed by atoms with Gasteiger partial charge in [-0.25, -0.2) is 0 Å². The first-order chi connectivity index (χ1) is 14.3. The van der Waals surface area contributed by atoms with Gasteiger partial charge in [0, 0.05) is 41.3 Å². The molecule has 30 heavy (non-hydrogen) atoms. The molecular formula is C22H24Cl2N4O2. The van der Waals surface area contributed by atoms with E-state index < -0.39 is 6.17 Å². The van der Waals surface area contributed by atoms with E-state index in [1.807, 2.05) is 43.3 Å². The Morgan fingerprint density at radius 1 is 1.20 bits per heavy atom. The number of amides is 2. The number of halogens is 2. The summed E-state index contributed by atoms with van der Waals surface area (Å²) >= 11 is 12.1. The second-order valence-electron chi connectivity index (χ2n) is 7.34. The Labute approximate surface area is 186 Å². The second-order valence-corrected chi connectivity index (χ2v) is 8.18. The van der Waals surface area contributed by atoms with Gasteiger partial charge < -0.3 is 15.1 Å². The highest BCUT2D eigenvalue weighted by atomic mass is 35.5. The average molecular weight is 447 g/mol. The normalized spacial score (nSPS) is 15.8. The minimum absolute atomic E-state index is 0.186. The number of fused-ring (bicyclic) bond motifs is 1. The molecule has 158 valence electrons. The molecule has 8 heteroatoms. The van der Waals surface area contributed by atoms with Gasteiger partial charge in [0.1, 0.15) is 0 Å². The van der Waals surface area contributed by atoms with Crippen LogP contribution in [-0.2, 0) is 16.0 Å². The Balaban J connectivity index is 1.70. The smallest absolute Gasteiger partial charge is 0.272 e. The van der Waals surface area contributed by atoms with Crippen LogP contribution >= 0.6 is 23.2 Å². The molecule has 0 radical (unpaired) electrons. The first-order valence-corrected chi connectivity index (χ1v) is 10.4. The number of benzodiazepines with no additional fused rings is 1. The van der Waals surface area contributed by atoms with Crippen LogP contribution in [0.3, 0.4) is 0 Å². The maximum Gasteiger partial charge on any atom is 0.272 e. The van der Waals surface area contributed by atoms with Crippen LogP contribution < -0.4 is 10.2 Å². The molecule has 0 aromatic heterocycles. The van der Waals surface area contributed by atoms with Gasteiger partial charge in [0.2, 0.25) is 12.1 Å². The summed E-state index contributed by atoms with van der Waals surface area (Å²) in [7, 11) is 3.90. The molecule has 1 atom stereocenters. The lowest BCUT2D eigenvalue weighted by Gasteiger charge is -2.26. The van der Waals surface area contributed by atoms with Gasteiger partial charge >= 0.3 is 0 Å². The number of benzene rings is 2. The Morgan fingerprint density at radius 2 is 1.97 bits per heavy atom. The van der Waals surface area contributed by atoms with Gasteiger partial charge in [0.25, 0.3) is 5.91 Å². The van der Waals surface area contributed by atoms with Crippen LogP contribution in [0.25, 0.3) is 0 Å². The summed E-state index contributed by atoms with van der Waals surface area (Å²) in [5, 5.41) is 3.81. The highest BCUT2D eigenvalue weighted by Gasteiger charge is 2.29. The number of aryl methyl sites for hydroxylation is 1. The summed E-state index contributed by atoms with van der Waals surface area (Å²) in [6.45, 7) is 1.19. The lowest BCUT2D eigenvalue weighted by molar-refractivity contribution is -0.127. The minimum Gasteiger partial charge on any atom is -0.327 e. The molecule has 2 aromatic rings. The van der Waals surface area contributed by atoms with Crippen molar-refractivity contribution < 1.29 is 9.59 Å². The zero-order chi connectivity index (χ0) is 21.7. The topological polar surface area (TPSA) is 65.0 Å². The largest absolute Gasteiger partial charge is 0.327 e. The minimum atomic E-state index is -0.965. The Bertz CT molecular complexity index is 962. The van der Waals surface area contributed by atoms with Crippen molar-refractivity contribution in [2.24, 2.45) is 4.99 Å². The number of carbonyl (C=O) groups excluding carboxylic acids is 2. The average Bonchev–Trinajstić information content (AvgIpc) is 2.83. The number of para-hydroxylation sites is 1. The number of nitrogens with one attached hydrogen (secondary N) is 1. The van der Waals surface area contributed by atoms with Crippen molar-refractivity contribution in [1.82, 2.24) is 10.2 Å². The van der Waals surface area contributed by atoms with Gasteiger partial charge in [-0.05, 0) is 44.3 Å². The summed E-state index contributed by atoms with van der Waals surface area (Å²) in [4.78, 5) is 33.7. The summed E-state index contributed by atoms with van der Waals surface area (Å²) in [6, 6.07) is 12.8. The van der Waals surface area contributed by atoms with Gasteiger partial charge in [-0.2, -0.15) is 0 Å². The monoisotopic (exact) mass is 446 g/mol. The summed E-state index contributed by atoms with van der Waals surface area (Å²) < 4.78 is 0. The molecule has 0 fully saturated rings. The van der Waals surface area contributed by atoms with Crippen molar-refractivity contribution in [3.05, 3.63) is 63.6 Å². The molecule has 1 aliphatic heterocycles. The van der Waals surface area contributed by atoms with Gasteiger partial charge in [0.15, 0.2) is 0 Å². The van der Waals surface area contributed by atoms with Crippen molar-refractivity contribution in [2.45, 2.75) is 19.0 Å². The lowest BCUT2D eigenvalue weighted by atomic mass is 10.1. The number of aliphatic imine (C=N–C) groups is 1. The molecule has 1 heterocycles. The predicted molar refractivity (Wildman–Crippen MR) is 122 cm³/mol. The predicted octanol–water partition coefficient (Wildman–Crippen LogP) is 3.40. The van der Waals surface area contributed by atoms with Gasteiger partial charge in [0.05, 0.1) is 5.69 Å². The van der Waals surface area contributed by atoms with E-state index in [1.165, 1.54) is 0 Å². The van der Waals surface area contributed by atoms with E-state index in [2.05, 4.69) is 10.3 Å². The summed E-state index contributed by atoms with van der Waals surface area (Å²) in [5.74, 6) is -0.522. The SMILES string of the molecule is CN(C)CCN1C(=O)C(NC(=O)CCc2ccc(Cl)cc2Cl)N=Cc2ccccc21. The third-order valence-corrected chi connectivity index (χ3v) is 5.38. The molecule has 2 aromatic carbocycles. The molecule has 1 N–H and O–H groups in total. The highest BCUT2D eigenvalue weighted by molar-refractivity contribution is 6.35. The third kappa shape index (κ3) is 5.59. The molecular weight excluding hydrogens is 423 g/mol. The highest BCUT2D eigenvalue weighted by Crippen LogP contribution is 2.24. The quantitative estimate of drug-likeness (QED) is 0.708. The molecule has 6 nitrogen and oxygen atoms in total. The number of hydrogen-bond donors (Lipinski definition) is 1. The number of likely N-dealkylation sites (N-methyl/N-ethyl adjacent to an activating group) is 1. The van der Waals surface area contributed by atoms with E-state index in [-0.39, 0.29) is 18.2 Å². The maximum absolute atomic E-state index is 13.2. The Kier molecular flexibility index (Phi) is 7.48. The van der Waals surface area contributed by atoms with Crippen molar-refractivity contribution in [2.75, 3.05) is 32.1 Å². The Hall–Kier alpha value is -2.41. The number of hydrogen-bond acceptors (Lipinski definition) is 4. The standard InChI is InChI=1S/C22H24Cl2N4O2/c1-27(2)11-12-28-19-6-4-3-5-16(19)14-25-21(22(28)30)26-20(29)10-8-15-7-9-17(23)13-18(15)24/h3-7,9,13-14,21H,8,10-12H2,1-2H3,(H,26,29). The van der Waals surface area contributed by atoms with Crippen LogP contribution in [0.1, 0.15) is 17.5 Å². The summed E-state index contributed by atoms with van der Waals surface area (Å²) in [5.41, 5.74) is 2.46. The van der Waals surface area contributed by atoms with Gasteiger partial charge in [-0.15, -0.1) is 0 Å². The number of anilines is 1. The molecule has 2 amide bonds. The van der Waals surface area contributed by atoms with Crippen LogP contribution in [0.5, 0.6) is 0 Å². The van der Waals surface area contributed by atoms with E-state index in [1.54, 1.807) is 29.3 Å². The fraction of sp³-hybridized carbons (Fsp3) is 0.318. The molecule has 0 aliphatic carbocycles. The van der Waals surface area contributed by atoms with Crippen molar-refractivity contribution in [3.8, 4) is 0 Å². The first kappa shape index (κ1) is 22.3. The summed E-state index contributed by atoms with van der Waals surface area (Å²) in [6.07, 6.45) is 1.31. The third-order valence-electron chi connectivity index (χ3n) is 4.80. The first-order valence-electron chi connectivity index (χ1n) is 9.67. The van der Waals surface area contributed by atoms with E-state index in [9.17, 15) is 9.59 Å². The van der Waals surface area contributed by atoms with Crippen molar-refractivity contribution in [3.63, 3.8) is 0 Å². The van der Waals surface area contributed by atoms with Gasteiger partial charge in [-0.1, -0.05) is 47.5 Å². The zero-order valence-electron chi connectivity index (χ0n) is 16.9. The van der Waals surface area contributed by atoms with E-state index in [0.29, 0.717) is 29.6 Å². The Morgan fingerprint density at radius 3 is 2.70 bits per heavy atom. The molecule has 0 saturated heterocycles. The van der Waals surface area contributed by atoms with Crippen molar-refractivity contribution in [1.29, 1.82) is 0 Å². The van der Waals surface area contributed by atoms with Crippen LogP contribution in [0, 0.1) is 0 Å². The lowest BCUT2D eigenvalue weighted by Crippen LogP contribution is -2.49. The van der Waals surface area contributed by atoms with E-state index >= 15 is 0 Å². The van der Waals surface area contributed by atoms with Crippen LogP contribution in [-0.4, -0.2) is 56.3 Å². The molecule has 3 rings (SSSR count). The zero-order valence-corrected chi connectivity index (χ0v) is 18.5. The van der Waals surface area contributed by atoms with Crippen LogP contribution in [0.4, 0.5) is 5.69 Å². The molecule has 0 spiro atoms. The van der Waals surface area contributed by atoms with Gasteiger partial charge in [-0.3, -0.25) is 14.6 Å². The fourth-order valence-corrected chi connectivity index (χ4v) is 3.66. The van der Waals surface area contributed by atoms with Crippen LogP contribution in [0.15, 0.2) is 47.5 Å².